The van der Waals surface area contributed by atoms with Gasteiger partial charge in [0.25, 0.3) is 0 Å². The fourth-order valence-electron chi connectivity index (χ4n) is 1.80. The van der Waals surface area contributed by atoms with Gasteiger partial charge in [0.2, 0.25) is 5.91 Å². The van der Waals surface area contributed by atoms with E-state index in [4.69, 9.17) is 0 Å². The Morgan fingerprint density at radius 2 is 2.00 bits per heavy atom. The smallest absolute Gasteiger partial charge is 0.223 e. The van der Waals surface area contributed by atoms with E-state index >= 15 is 0 Å². The topological polar surface area (TPSA) is 32.3 Å². The molecule has 0 aromatic heterocycles. The Morgan fingerprint density at radius 1 is 1.35 bits per heavy atom. The normalized spacial score (nSPS) is 12.2. The monoisotopic (exact) mass is 234 g/mol. The van der Waals surface area contributed by atoms with Crippen LogP contribution in [0.15, 0.2) is 24.3 Å². The average Bonchev–Trinajstić information content (AvgIpc) is 2.29. The largest absolute Gasteiger partial charge is 0.349 e. The lowest BCUT2D eigenvalue weighted by atomic mass is 10.0. The van der Waals surface area contributed by atoms with Crippen molar-refractivity contribution in [1.82, 2.24) is 10.2 Å². The first-order valence-corrected chi connectivity index (χ1v) is 6.01. The Bertz CT molecular complexity index is 374. The molecule has 0 radical (unpaired) electrons. The predicted octanol–water partition coefficient (Wildman–Crippen LogP) is 2.12. The van der Waals surface area contributed by atoms with Crippen molar-refractivity contribution in [1.29, 1.82) is 0 Å². The van der Waals surface area contributed by atoms with Crippen LogP contribution in [0.3, 0.4) is 0 Å². The highest BCUT2D eigenvalue weighted by Gasteiger charge is 2.08. The number of hydrogen-bond donors (Lipinski definition) is 1. The molecule has 0 unspecified atom stereocenters. The Kier molecular flexibility index (Phi) is 5.16. The average molecular weight is 234 g/mol. The van der Waals surface area contributed by atoms with E-state index in [1.807, 2.05) is 12.1 Å². The van der Waals surface area contributed by atoms with E-state index in [9.17, 15) is 4.79 Å². The molecular weight excluding hydrogens is 212 g/mol. The molecule has 0 spiro atoms. The lowest BCUT2D eigenvalue weighted by Gasteiger charge is -2.17. The van der Waals surface area contributed by atoms with Gasteiger partial charge in [-0.25, -0.2) is 0 Å². The summed E-state index contributed by atoms with van der Waals surface area (Å²) < 4.78 is 0. The van der Waals surface area contributed by atoms with Crippen molar-refractivity contribution in [3.63, 3.8) is 0 Å². The van der Waals surface area contributed by atoms with Crippen LogP contribution in [0.2, 0.25) is 0 Å². The summed E-state index contributed by atoms with van der Waals surface area (Å²) in [5.74, 6) is 0.162. The van der Waals surface area contributed by atoms with Crippen molar-refractivity contribution in [3.8, 4) is 0 Å². The molecule has 0 saturated heterocycles. The molecule has 1 N–H and O–H groups in total. The van der Waals surface area contributed by atoms with Gasteiger partial charge >= 0.3 is 0 Å². The molecule has 1 aromatic rings. The second-order valence-electron chi connectivity index (χ2n) is 4.57. The summed E-state index contributed by atoms with van der Waals surface area (Å²) >= 11 is 0. The van der Waals surface area contributed by atoms with Crippen LogP contribution in [-0.2, 0) is 4.79 Å². The third kappa shape index (κ3) is 4.19. The molecule has 1 rings (SSSR count). The SMILES string of the molecule is Cc1ccccc1[C@@H](C)NCCC(=O)N(C)C. The zero-order valence-electron chi connectivity index (χ0n) is 11.2. The molecule has 94 valence electrons. The zero-order valence-corrected chi connectivity index (χ0v) is 11.2. The maximum Gasteiger partial charge on any atom is 0.223 e. The Labute approximate surface area is 104 Å². The molecule has 0 aliphatic heterocycles. The van der Waals surface area contributed by atoms with E-state index in [1.54, 1.807) is 19.0 Å². The van der Waals surface area contributed by atoms with E-state index in [1.165, 1.54) is 11.1 Å². The van der Waals surface area contributed by atoms with Gasteiger partial charge in [0.05, 0.1) is 0 Å². The lowest BCUT2D eigenvalue weighted by molar-refractivity contribution is -0.128. The van der Waals surface area contributed by atoms with E-state index < -0.39 is 0 Å². The maximum atomic E-state index is 11.4. The van der Waals surface area contributed by atoms with E-state index in [-0.39, 0.29) is 11.9 Å². The Morgan fingerprint density at radius 3 is 2.59 bits per heavy atom. The fraction of sp³-hybridized carbons (Fsp3) is 0.500. The van der Waals surface area contributed by atoms with Gasteiger partial charge in [-0.3, -0.25) is 4.79 Å². The maximum absolute atomic E-state index is 11.4. The van der Waals surface area contributed by atoms with Crippen LogP contribution >= 0.6 is 0 Å². The minimum atomic E-state index is 0.162. The molecule has 0 bridgehead atoms. The summed E-state index contributed by atoms with van der Waals surface area (Å²) in [6, 6.07) is 8.61. The zero-order chi connectivity index (χ0) is 12.8. The number of aryl methyl sites for hydroxylation is 1. The summed E-state index contributed by atoms with van der Waals surface area (Å²) in [7, 11) is 3.57. The number of carbonyl (C=O) groups excluding carboxylic acids is 1. The highest BCUT2D eigenvalue weighted by Crippen LogP contribution is 2.16. The number of rotatable bonds is 5. The van der Waals surface area contributed by atoms with Crippen molar-refractivity contribution < 1.29 is 4.79 Å². The highest BCUT2D eigenvalue weighted by atomic mass is 16.2. The van der Waals surface area contributed by atoms with E-state index in [2.05, 4.69) is 31.3 Å². The first kappa shape index (κ1) is 13.7. The van der Waals surface area contributed by atoms with Gasteiger partial charge in [0.1, 0.15) is 0 Å². The van der Waals surface area contributed by atoms with Crippen molar-refractivity contribution in [2.24, 2.45) is 0 Å². The van der Waals surface area contributed by atoms with Crippen LogP contribution in [0.4, 0.5) is 0 Å². The van der Waals surface area contributed by atoms with Gasteiger partial charge in [0, 0.05) is 33.1 Å². The van der Waals surface area contributed by atoms with Gasteiger partial charge in [-0.1, -0.05) is 24.3 Å². The number of carbonyl (C=O) groups is 1. The number of nitrogens with zero attached hydrogens (tertiary/aromatic N) is 1. The third-order valence-electron chi connectivity index (χ3n) is 2.94. The fourth-order valence-corrected chi connectivity index (χ4v) is 1.80. The molecule has 0 saturated carbocycles. The van der Waals surface area contributed by atoms with Crippen LogP contribution in [0.1, 0.15) is 30.5 Å². The molecule has 0 heterocycles. The summed E-state index contributed by atoms with van der Waals surface area (Å²) in [5.41, 5.74) is 2.58. The highest BCUT2D eigenvalue weighted by molar-refractivity contribution is 5.75. The Hall–Kier alpha value is -1.35. The summed E-state index contributed by atoms with van der Waals surface area (Å²) in [6.07, 6.45) is 0.545. The van der Waals surface area contributed by atoms with Gasteiger partial charge in [-0.05, 0) is 25.0 Å². The van der Waals surface area contributed by atoms with Gasteiger partial charge in [-0.2, -0.15) is 0 Å². The summed E-state index contributed by atoms with van der Waals surface area (Å²) in [4.78, 5) is 13.0. The summed E-state index contributed by atoms with van der Waals surface area (Å²) in [5, 5.41) is 3.38. The molecule has 1 amide bonds. The summed E-state index contributed by atoms with van der Waals surface area (Å²) in [6.45, 7) is 4.95. The molecule has 0 fully saturated rings. The van der Waals surface area contributed by atoms with E-state index in [0.717, 1.165) is 0 Å². The lowest BCUT2D eigenvalue weighted by Crippen LogP contribution is -2.28. The van der Waals surface area contributed by atoms with Crippen molar-refractivity contribution in [2.45, 2.75) is 26.3 Å². The van der Waals surface area contributed by atoms with E-state index in [0.29, 0.717) is 13.0 Å². The van der Waals surface area contributed by atoms with Crippen LogP contribution in [-0.4, -0.2) is 31.4 Å². The second-order valence-corrected chi connectivity index (χ2v) is 4.57. The molecule has 1 atom stereocenters. The standard InChI is InChI=1S/C14H22N2O/c1-11-7-5-6-8-13(11)12(2)15-10-9-14(17)16(3)4/h5-8,12,15H,9-10H2,1-4H3/t12-/m1/s1. The number of benzene rings is 1. The predicted molar refractivity (Wildman–Crippen MR) is 70.9 cm³/mol. The molecule has 0 aliphatic rings. The van der Waals surface area contributed by atoms with Crippen molar-refractivity contribution >= 4 is 5.91 Å². The van der Waals surface area contributed by atoms with Crippen LogP contribution in [0.5, 0.6) is 0 Å². The molecule has 1 aromatic carbocycles. The van der Waals surface area contributed by atoms with Crippen molar-refractivity contribution in [2.75, 3.05) is 20.6 Å². The number of nitrogens with one attached hydrogen (secondary N) is 1. The number of hydrogen-bond acceptors (Lipinski definition) is 2. The van der Waals surface area contributed by atoms with Crippen LogP contribution in [0.25, 0.3) is 0 Å². The first-order valence-electron chi connectivity index (χ1n) is 6.01. The van der Waals surface area contributed by atoms with Gasteiger partial charge < -0.3 is 10.2 Å². The Balaban J connectivity index is 2.43. The second kappa shape index (κ2) is 6.40. The molecule has 3 heteroatoms. The quantitative estimate of drug-likeness (QED) is 0.846. The third-order valence-corrected chi connectivity index (χ3v) is 2.94. The molecule has 0 aliphatic carbocycles. The minimum Gasteiger partial charge on any atom is -0.349 e. The number of amides is 1. The first-order chi connectivity index (χ1) is 8.02. The minimum absolute atomic E-state index is 0.162. The van der Waals surface area contributed by atoms with Crippen LogP contribution < -0.4 is 5.32 Å². The van der Waals surface area contributed by atoms with Crippen LogP contribution in [0, 0.1) is 6.92 Å². The van der Waals surface area contributed by atoms with Gasteiger partial charge in [-0.15, -0.1) is 0 Å². The molecule has 3 nitrogen and oxygen atoms in total. The van der Waals surface area contributed by atoms with Gasteiger partial charge in [0.15, 0.2) is 0 Å². The molecule has 17 heavy (non-hydrogen) atoms. The van der Waals surface area contributed by atoms with Crippen molar-refractivity contribution in [3.05, 3.63) is 35.4 Å². The molecular formula is C14H22N2O.